The highest BCUT2D eigenvalue weighted by Crippen LogP contribution is 2.19. The van der Waals surface area contributed by atoms with Crippen LogP contribution in [0, 0.1) is 0 Å². The van der Waals surface area contributed by atoms with Crippen LogP contribution in [0.3, 0.4) is 0 Å². The molecule has 0 aliphatic rings. The van der Waals surface area contributed by atoms with E-state index < -0.39 is 35.0 Å². The van der Waals surface area contributed by atoms with Crippen LogP contribution in [0.1, 0.15) is 22.3 Å². The molecule has 0 aromatic carbocycles. The third kappa shape index (κ3) is 1.70. The number of pyridine rings is 1. The predicted octanol–water partition coefficient (Wildman–Crippen LogP) is 0.716. The Morgan fingerprint density at radius 1 is 1.50 bits per heavy atom. The Bertz CT molecular complexity index is 426. The van der Waals surface area contributed by atoms with E-state index in [4.69, 9.17) is 10.2 Å². The molecule has 0 atom stereocenters. The number of aromatic nitrogens is 1. The predicted molar refractivity (Wildman–Crippen MR) is 40.6 cm³/mol. The summed E-state index contributed by atoms with van der Waals surface area (Å²) < 4.78 is 24.2. The van der Waals surface area contributed by atoms with Crippen LogP contribution in [0.15, 0.2) is 10.9 Å². The molecule has 0 spiro atoms. The number of halogens is 2. The fraction of sp³-hybridized carbons (Fsp3) is 0.143. The van der Waals surface area contributed by atoms with Crippen molar-refractivity contribution in [1.29, 1.82) is 0 Å². The maximum Gasteiger partial charge on any atom is 0.341 e. The summed E-state index contributed by atoms with van der Waals surface area (Å²) in [6.07, 6.45) is -3.09. The average molecular weight is 205 g/mol. The van der Waals surface area contributed by atoms with Gasteiger partial charge in [0.2, 0.25) is 5.88 Å². The summed E-state index contributed by atoms with van der Waals surface area (Å²) in [6, 6.07) is 0.446. The van der Waals surface area contributed by atoms with Crippen molar-refractivity contribution in [2.24, 2.45) is 0 Å². The molecule has 76 valence electrons. The Labute approximate surface area is 75.6 Å². The van der Waals surface area contributed by atoms with Gasteiger partial charge in [0, 0.05) is 0 Å². The van der Waals surface area contributed by atoms with Crippen molar-refractivity contribution >= 4 is 5.97 Å². The van der Waals surface area contributed by atoms with E-state index >= 15 is 0 Å². The molecule has 7 heteroatoms. The Morgan fingerprint density at radius 3 is 2.50 bits per heavy atom. The van der Waals surface area contributed by atoms with Crippen LogP contribution >= 0.6 is 0 Å². The number of aromatic carboxylic acids is 1. The van der Waals surface area contributed by atoms with Crippen molar-refractivity contribution in [1.82, 2.24) is 4.98 Å². The second-order valence-corrected chi connectivity index (χ2v) is 2.42. The first-order valence-corrected chi connectivity index (χ1v) is 3.41. The number of hydrogen-bond donors (Lipinski definition) is 3. The standard InChI is InChI=1S/C7H5F2NO4/c8-4(9)2-1-3(7(13)14)6(12)10-5(2)11/h1,4H,(H,13,14)(H2,10,11,12). The molecule has 0 fully saturated rings. The molecule has 0 radical (unpaired) electrons. The Hall–Kier alpha value is -1.92. The highest BCUT2D eigenvalue weighted by Gasteiger charge is 2.18. The fourth-order valence-electron chi connectivity index (χ4n) is 0.862. The van der Waals surface area contributed by atoms with Crippen molar-refractivity contribution in [3.8, 4) is 5.88 Å². The molecule has 0 unspecified atom stereocenters. The van der Waals surface area contributed by atoms with Crippen molar-refractivity contribution in [2.75, 3.05) is 0 Å². The molecule has 0 saturated heterocycles. The van der Waals surface area contributed by atoms with Crippen LogP contribution in [0.5, 0.6) is 5.88 Å². The van der Waals surface area contributed by atoms with Gasteiger partial charge in [0.25, 0.3) is 12.0 Å². The normalized spacial score (nSPS) is 10.5. The Morgan fingerprint density at radius 2 is 2.07 bits per heavy atom. The summed E-state index contributed by atoms with van der Waals surface area (Å²) in [5, 5.41) is 17.3. The number of hydrogen-bond acceptors (Lipinski definition) is 3. The van der Waals surface area contributed by atoms with Gasteiger partial charge in [0.1, 0.15) is 5.56 Å². The molecule has 1 rings (SSSR count). The van der Waals surface area contributed by atoms with E-state index in [9.17, 15) is 18.4 Å². The lowest BCUT2D eigenvalue weighted by Gasteiger charge is -2.02. The Kier molecular flexibility index (Phi) is 2.50. The van der Waals surface area contributed by atoms with E-state index in [-0.39, 0.29) is 0 Å². The number of alkyl halides is 2. The van der Waals surface area contributed by atoms with Gasteiger partial charge in [-0.05, 0) is 6.07 Å². The fourth-order valence-corrected chi connectivity index (χ4v) is 0.862. The molecule has 1 aromatic rings. The van der Waals surface area contributed by atoms with Crippen molar-refractivity contribution in [2.45, 2.75) is 6.43 Å². The lowest BCUT2D eigenvalue weighted by molar-refractivity contribution is 0.0692. The zero-order valence-corrected chi connectivity index (χ0v) is 6.62. The molecular formula is C7H5F2NO4. The second kappa shape index (κ2) is 3.44. The summed E-state index contributed by atoms with van der Waals surface area (Å²) in [4.78, 5) is 22.8. The number of aromatic amines is 1. The first-order chi connectivity index (χ1) is 6.43. The van der Waals surface area contributed by atoms with E-state index in [1.54, 1.807) is 4.98 Å². The molecular weight excluding hydrogens is 200 g/mol. The highest BCUT2D eigenvalue weighted by atomic mass is 19.3. The smallest absolute Gasteiger partial charge is 0.341 e. The SMILES string of the molecule is O=C(O)c1cc(C(F)F)c(=O)[nH]c1O. The summed E-state index contributed by atoms with van der Waals surface area (Å²) in [7, 11) is 0. The minimum absolute atomic E-state index is 0.446. The summed E-state index contributed by atoms with van der Waals surface area (Å²) in [5.41, 5.74) is -2.96. The minimum atomic E-state index is -3.09. The molecule has 0 aliphatic carbocycles. The number of H-pyrrole nitrogens is 1. The topological polar surface area (TPSA) is 90.4 Å². The minimum Gasteiger partial charge on any atom is -0.494 e. The quantitative estimate of drug-likeness (QED) is 0.663. The zero-order valence-electron chi connectivity index (χ0n) is 6.62. The summed E-state index contributed by atoms with van der Waals surface area (Å²) >= 11 is 0. The van der Waals surface area contributed by atoms with Crippen LogP contribution in [0.4, 0.5) is 8.78 Å². The van der Waals surface area contributed by atoms with Gasteiger partial charge >= 0.3 is 5.97 Å². The molecule has 3 N–H and O–H groups in total. The van der Waals surface area contributed by atoms with Crippen LogP contribution in [-0.4, -0.2) is 21.2 Å². The van der Waals surface area contributed by atoms with Crippen LogP contribution in [0.2, 0.25) is 0 Å². The summed E-state index contributed by atoms with van der Waals surface area (Å²) in [5.74, 6) is -2.53. The van der Waals surface area contributed by atoms with Crippen molar-refractivity contribution in [3.05, 3.63) is 27.5 Å². The van der Waals surface area contributed by atoms with Crippen molar-refractivity contribution in [3.63, 3.8) is 0 Å². The third-order valence-corrected chi connectivity index (χ3v) is 1.51. The highest BCUT2D eigenvalue weighted by molar-refractivity contribution is 5.90. The van der Waals surface area contributed by atoms with E-state index in [2.05, 4.69) is 0 Å². The first-order valence-electron chi connectivity index (χ1n) is 3.41. The third-order valence-electron chi connectivity index (χ3n) is 1.51. The summed E-state index contributed by atoms with van der Waals surface area (Å²) in [6.45, 7) is 0. The second-order valence-electron chi connectivity index (χ2n) is 2.42. The van der Waals surface area contributed by atoms with Gasteiger partial charge in [-0.25, -0.2) is 13.6 Å². The molecule has 1 heterocycles. The number of carbonyl (C=O) groups is 1. The molecule has 14 heavy (non-hydrogen) atoms. The van der Waals surface area contributed by atoms with E-state index in [1.807, 2.05) is 0 Å². The van der Waals surface area contributed by atoms with Gasteiger partial charge < -0.3 is 10.2 Å². The molecule has 1 aromatic heterocycles. The number of aromatic hydroxyl groups is 1. The molecule has 0 aliphatic heterocycles. The van der Waals surface area contributed by atoms with Gasteiger partial charge in [-0.2, -0.15) is 0 Å². The molecule has 0 bridgehead atoms. The first kappa shape index (κ1) is 10.2. The van der Waals surface area contributed by atoms with E-state index in [0.717, 1.165) is 0 Å². The molecule has 0 amide bonds. The maximum atomic E-state index is 12.1. The van der Waals surface area contributed by atoms with Crippen LogP contribution in [0.25, 0.3) is 0 Å². The number of nitrogens with one attached hydrogen (secondary N) is 1. The van der Waals surface area contributed by atoms with E-state index in [0.29, 0.717) is 6.07 Å². The lowest BCUT2D eigenvalue weighted by atomic mass is 10.2. The van der Waals surface area contributed by atoms with Gasteiger partial charge in [-0.1, -0.05) is 0 Å². The van der Waals surface area contributed by atoms with E-state index in [1.165, 1.54) is 0 Å². The Balaban J connectivity index is 3.42. The number of carboxylic acid groups (broad SMARTS) is 1. The van der Waals surface area contributed by atoms with Gasteiger partial charge in [0.15, 0.2) is 0 Å². The van der Waals surface area contributed by atoms with Gasteiger partial charge in [-0.3, -0.25) is 9.78 Å². The number of rotatable bonds is 2. The largest absolute Gasteiger partial charge is 0.494 e. The average Bonchev–Trinajstić information content (AvgIpc) is 2.02. The van der Waals surface area contributed by atoms with Gasteiger partial charge in [0.05, 0.1) is 5.56 Å². The van der Waals surface area contributed by atoms with Crippen molar-refractivity contribution < 1.29 is 23.8 Å². The number of carboxylic acids is 1. The molecule has 0 saturated carbocycles. The van der Waals surface area contributed by atoms with Crippen LogP contribution in [-0.2, 0) is 0 Å². The lowest BCUT2D eigenvalue weighted by Crippen LogP contribution is -2.15. The molecule has 5 nitrogen and oxygen atoms in total. The van der Waals surface area contributed by atoms with Gasteiger partial charge in [-0.15, -0.1) is 0 Å². The zero-order chi connectivity index (χ0) is 10.9. The maximum absolute atomic E-state index is 12.1. The monoisotopic (exact) mass is 205 g/mol. The van der Waals surface area contributed by atoms with Crippen LogP contribution < -0.4 is 5.56 Å².